The summed E-state index contributed by atoms with van der Waals surface area (Å²) in [5.41, 5.74) is 0.198. The molecular formula is C16H16ClNO5S. The molecule has 1 aliphatic rings. The minimum atomic E-state index is -3.54. The van der Waals surface area contributed by atoms with Crippen molar-refractivity contribution in [3.05, 3.63) is 40.2 Å². The van der Waals surface area contributed by atoms with Gasteiger partial charge in [0.15, 0.2) is 21.3 Å². The van der Waals surface area contributed by atoms with Crippen LogP contribution in [-0.2, 0) is 15.3 Å². The van der Waals surface area contributed by atoms with E-state index in [-0.39, 0.29) is 32.3 Å². The van der Waals surface area contributed by atoms with Crippen LogP contribution in [0, 0.1) is 0 Å². The van der Waals surface area contributed by atoms with E-state index in [1.165, 1.54) is 19.2 Å². The molecule has 1 aromatic heterocycles. The molecule has 24 heavy (non-hydrogen) atoms. The van der Waals surface area contributed by atoms with Crippen molar-refractivity contribution in [2.24, 2.45) is 0 Å². The van der Waals surface area contributed by atoms with E-state index in [0.29, 0.717) is 5.76 Å². The molecule has 8 heteroatoms. The van der Waals surface area contributed by atoms with Crippen LogP contribution in [0.1, 0.15) is 41.6 Å². The molecule has 0 spiro atoms. The Morgan fingerprint density at radius 1 is 1.38 bits per heavy atom. The van der Waals surface area contributed by atoms with E-state index >= 15 is 0 Å². The molecule has 0 bridgehead atoms. The number of halogens is 1. The van der Waals surface area contributed by atoms with E-state index in [9.17, 15) is 13.2 Å². The van der Waals surface area contributed by atoms with E-state index in [2.05, 4.69) is 5.16 Å². The first-order valence-corrected chi connectivity index (χ1v) is 9.53. The standard InChI is InChI=1S/C16H16ClNO5S/c1-16(6-7-16)12-8-10(18-23-12)14(19)9-4-5-11(24(3,20)21)15(22-2)13(9)17/h4-5,8H,6-7H2,1-3H3. The number of carbonyl (C=O) groups excluding carboxylic acids is 1. The van der Waals surface area contributed by atoms with Gasteiger partial charge in [0.1, 0.15) is 10.7 Å². The third-order valence-electron chi connectivity index (χ3n) is 4.25. The summed E-state index contributed by atoms with van der Waals surface area (Å²) in [5, 5.41) is 3.76. The minimum absolute atomic E-state index is 0.0485. The molecule has 2 aromatic rings. The number of carbonyl (C=O) groups is 1. The molecular weight excluding hydrogens is 354 g/mol. The van der Waals surface area contributed by atoms with Crippen LogP contribution in [0.15, 0.2) is 27.6 Å². The predicted molar refractivity (Wildman–Crippen MR) is 87.6 cm³/mol. The lowest BCUT2D eigenvalue weighted by atomic mass is 10.0. The second-order valence-electron chi connectivity index (χ2n) is 6.20. The lowest BCUT2D eigenvalue weighted by Crippen LogP contribution is -2.07. The maximum atomic E-state index is 12.6. The van der Waals surface area contributed by atoms with Gasteiger partial charge in [-0.15, -0.1) is 0 Å². The molecule has 0 radical (unpaired) electrons. The molecule has 6 nitrogen and oxygen atoms in total. The Kier molecular flexibility index (Phi) is 3.96. The first-order chi connectivity index (χ1) is 11.2. The quantitative estimate of drug-likeness (QED) is 0.753. The summed E-state index contributed by atoms with van der Waals surface area (Å²) in [6.07, 6.45) is 3.03. The van der Waals surface area contributed by atoms with Gasteiger partial charge >= 0.3 is 0 Å². The fourth-order valence-electron chi connectivity index (χ4n) is 2.43. The minimum Gasteiger partial charge on any atom is -0.494 e. The molecule has 128 valence electrons. The summed E-state index contributed by atoms with van der Waals surface area (Å²) < 4.78 is 33.9. The lowest BCUT2D eigenvalue weighted by Gasteiger charge is -2.11. The third-order valence-corrected chi connectivity index (χ3v) is 5.74. The largest absolute Gasteiger partial charge is 0.494 e. The molecule has 1 fully saturated rings. The number of nitrogens with zero attached hydrogens (tertiary/aromatic N) is 1. The number of rotatable bonds is 5. The molecule has 3 rings (SSSR count). The molecule has 1 aliphatic carbocycles. The molecule has 1 aromatic carbocycles. The number of sulfone groups is 1. The number of methoxy groups -OCH3 is 1. The topological polar surface area (TPSA) is 86.5 Å². The maximum Gasteiger partial charge on any atom is 0.216 e. The molecule has 0 saturated heterocycles. The van der Waals surface area contributed by atoms with Crippen LogP contribution < -0.4 is 4.74 Å². The highest BCUT2D eigenvalue weighted by Crippen LogP contribution is 2.47. The van der Waals surface area contributed by atoms with Crippen molar-refractivity contribution in [3.8, 4) is 5.75 Å². The second kappa shape index (κ2) is 5.60. The van der Waals surface area contributed by atoms with E-state index in [1.807, 2.05) is 6.92 Å². The van der Waals surface area contributed by atoms with Gasteiger partial charge in [0.25, 0.3) is 0 Å². The summed E-state index contributed by atoms with van der Waals surface area (Å²) >= 11 is 6.21. The molecule has 0 N–H and O–H groups in total. The Bertz CT molecular complexity index is 928. The van der Waals surface area contributed by atoms with Crippen LogP contribution in [0.2, 0.25) is 5.02 Å². The summed E-state index contributed by atoms with van der Waals surface area (Å²) in [5.74, 6) is 0.169. The van der Waals surface area contributed by atoms with Crippen molar-refractivity contribution in [1.29, 1.82) is 0 Å². The van der Waals surface area contributed by atoms with E-state index in [1.54, 1.807) is 6.07 Å². The van der Waals surface area contributed by atoms with Gasteiger partial charge in [0, 0.05) is 23.3 Å². The number of ketones is 1. The predicted octanol–water partition coefficient (Wildman–Crippen LogP) is 3.02. The van der Waals surface area contributed by atoms with Crippen molar-refractivity contribution in [1.82, 2.24) is 5.16 Å². The highest BCUT2D eigenvalue weighted by molar-refractivity contribution is 7.90. The molecule has 0 amide bonds. The fraction of sp³-hybridized carbons (Fsp3) is 0.375. The van der Waals surface area contributed by atoms with Crippen LogP contribution >= 0.6 is 11.6 Å². The van der Waals surface area contributed by atoms with Gasteiger partial charge in [0.2, 0.25) is 5.78 Å². The van der Waals surface area contributed by atoms with Gasteiger partial charge in [-0.05, 0) is 25.0 Å². The zero-order chi connectivity index (χ0) is 17.7. The molecule has 1 heterocycles. The van der Waals surface area contributed by atoms with Gasteiger partial charge in [-0.3, -0.25) is 4.79 Å². The number of hydrogen-bond acceptors (Lipinski definition) is 6. The Hall–Kier alpha value is -1.86. The number of hydrogen-bond donors (Lipinski definition) is 0. The Labute approximate surface area is 144 Å². The highest BCUT2D eigenvalue weighted by atomic mass is 35.5. The van der Waals surface area contributed by atoms with Gasteiger partial charge in [-0.1, -0.05) is 23.7 Å². The third kappa shape index (κ3) is 2.82. The monoisotopic (exact) mass is 369 g/mol. The van der Waals surface area contributed by atoms with Crippen molar-refractivity contribution in [3.63, 3.8) is 0 Å². The van der Waals surface area contributed by atoms with Gasteiger partial charge in [-0.2, -0.15) is 0 Å². The average Bonchev–Trinajstić information content (AvgIpc) is 3.07. The van der Waals surface area contributed by atoms with Crippen LogP contribution in [0.25, 0.3) is 0 Å². The first kappa shape index (κ1) is 17.0. The summed E-state index contributed by atoms with van der Waals surface area (Å²) in [6, 6.07) is 4.27. The Morgan fingerprint density at radius 3 is 2.58 bits per heavy atom. The zero-order valence-corrected chi connectivity index (χ0v) is 15.0. The lowest BCUT2D eigenvalue weighted by molar-refractivity contribution is 0.103. The zero-order valence-electron chi connectivity index (χ0n) is 13.4. The second-order valence-corrected chi connectivity index (χ2v) is 8.56. The normalized spacial score (nSPS) is 16.0. The van der Waals surface area contributed by atoms with Crippen LogP contribution in [-0.4, -0.2) is 32.7 Å². The maximum absolute atomic E-state index is 12.6. The van der Waals surface area contributed by atoms with Crippen molar-refractivity contribution >= 4 is 27.2 Å². The summed E-state index contributed by atoms with van der Waals surface area (Å²) in [6.45, 7) is 2.04. The summed E-state index contributed by atoms with van der Waals surface area (Å²) in [4.78, 5) is 12.6. The summed E-state index contributed by atoms with van der Waals surface area (Å²) in [7, 11) is -2.24. The van der Waals surface area contributed by atoms with Crippen molar-refractivity contribution in [2.75, 3.05) is 13.4 Å². The van der Waals surface area contributed by atoms with Crippen LogP contribution in [0.4, 0.5) is 0 Å². The average molecular weight is 370 g/mol. The molecule has 0 atom stereocenters. The van der Waals surface area contributed by atoms with E-state index < -0.39 is 15.6 Å². The van der Waals surface area contributed by atoms with Crippen molar-refractivity contribution < 1.29 is 22.5 Å². The van der Waals surface area contributed by atoms with Gasteiger partial charge < -0.3 is 9.26 Å². The first-order valence-electron chi connectivity index (χ1n) is 7.26. The highest BCUT2D eigenvalue weighted by Gasteiger charge is 2.43. The van der Waals surface area contributed by atoms with Crippen LogP contribution in [0.3, 0.4) is 0 Å². The van der Waals surface area contributed by atoms with E-state index in [0.717, 1.165) is 19.1 Å². The van der Waals surface area contributed by atoms with Crippen molar-refractivity contribution in [2.45, 2.75) is 30.1 Å². The van der Waals surface area contributed by atoms with Gasteiger partial charge in [0.05, 0.1) is 12.1 Å². The molecule has 0 unspecified atom stereocenters. The van der Waals surface area contributed by atoms with Gasteiger partial charge in [-0.25, -0.2) is 8.42 Å². The number of ether oxygens (including phenoxy) is 1. The Morgan fingerprint density at radius 2 is 2.04 bits per heavy atom. The molecule has 1 saturated carbocycles. The van der Waals surface area contributed by atoms with E-state index in [4.69, 9.17) is 20.9 Å². The number of benzene rings is 1. The smallest absolute Gasteiger partial charge is 0.216 e. The number of aromatic nitrogens is 1. The Balaban J connectivity index is 2.03. The fourth-order valence-corrected chi connectivity index (χ4v) is 3.66. The SMILES string of the molecule is COc1c(S(C)(=O)=O)ccc(C(=O)c2cc(C3(C)CC3)on2)c1Cl. The van der Waals surface area contributed by atoms with Crippen LogP contribution in [0.5, 0.6) is 5.75 Å². The molecule has 0 aliphatic heterocycles.